The van der Waals surface area contributed by atoms with Crippen LogP contribution in [-0.2, 0) is 0 Å². The van der Waals surface area contributed by atoms with Crippen LogP contribution in [0.5, 0.6) is 17.2 Å². The first-order valence-corrected chi connectivity index (χ1v) is 9.63. The van der Waals surface area contributed by atoms with Crippen molar-refractivity contribution in [1.82, 2.24) is 5.43 Å². The number of ether oxygens (including phenoxy) is 3. The molecule has 0 unspecified atom stereocenters. The minimum Gasteiger partial charge on any atom is -0.494 e. The maximum Gasteiger partial charge on any atom is 0.271 e. The lowest BCUT2D eigenvalue weighted by atomic mass is 10.2. The second kappa shape index (κ2) is 11.6. The van der Waals surface area contributed by atoms with Gasteiger partial charge in [-0.2, -0.15) is 5.10 Å². The summed E-state index contributed by atoms with van der Waals surface area (Å²) in [6.45, 7) is 7.72. The summed E-state index contributed by atoms with van der Waals surface area (Å²) in [5, 5.41) is 4.03. The van der Waals surface area contributed by atoms with Crippen molar-refractivity contribution in [1.29, 1.82) is 0 Å². The lowest BCUT2D eigenvalue weighted by Crippen LogP contribution is -2.17. The monoisotopic (exact) mass is 384 g/mol. The van der Waals surface area contributed by atoms with Gasteiger partial charge in [0.2, 0.25) is 0 Å². The molecule has 150 valence electrons. The van der Waals surface area contributed by atoms with E-state index in [0.29, 0.717) is 36.9 Å². The number of nitrogens with one attached hydrogen (secondary N) is 1. The lowest BCUT2D eigenvalue weighted by Gasteiger charge is -2.12. The fourth-order valence-electron chi connectivity index (χ4n) is 2.38. The Kier molecular flexibility index (Phi) is 8.85. The van der Waals surface area contributed by atoms with Gasteiger partial charge in [0, 0.05) is 5.56 Å². The van der Waals surface area contributed by atoms with Gasteiger partial charge >= 0.3 is 0 Å². The largest absolute Gasteiger partial charge is 0.494 e. The van der Waals surface area contributed by atoms with Crippen LogP contribution in [0.2, 0.25) is 0 Å². The van der Waals surface area contributed by atoms with Gasteiger partial charge in [-0.15, -0.1) is 0 Å². The van der Waals surface area contributed by atoms with E-state index in [9.17, 15) is 4.79 Å². The van der Waals surface area contributed by atoms with Gasteiger partial charge in [-0.25, -0.2) is 5.43 Å². The molecule has 28 heavy (non-hydrogen) atoms. The second-order valence-corrected chi connectivity index (χ2v) is 6.06. The summed E-state index contributed by atoms with van der Waals surface area (Å²) in [5.41, 5.74) is 3.82. The predicted molar refractivity (Wildman–Crippen MR) is 111 cm³/mol. The molecule has 6 nitrogen and oxygen atoms in total. The smallest absolute Gasteiger partial charge is 0.271 e. The zero-order valence-corrected chi connectivity index (χ0v) is 16.7. The molecule has 0 radical (unpaired) electrons. The Morgan fingerprint density at radius 3 is 2.50 bits per heavy atom. The summed E-state index contributed by atoms with van der Waals surface area (Å²) in [4.78, 5) is 12.4. The van der Waals surface area contributed by atoms with E-state index in [1.807, 2.05) is 38.1 Å². The van der Waals surface area contributed by atoms with Crippen LogP contribution in [0.25, 0.3) is 0 Å². The van der Waals surface area contributed by atoms with Gasteiger partial charge in [0.05, 0.1) is 26.0 Å². The first-order valence-electron chi connectivity index (χ1n) is 9.63. The number of benzene rings is 2. The highest BCUT2D eigenvalue weighted by molar-refractivity contribution is 5.95. The van der Waals surface area contributed by atoms with Gasteiger partial charge in [0.15, 0.2) is 11.5 Å². The summed E-state index contributed by atoms with van der Waals surface area (Å²) < 4.78 is 16.8. The van der Waals surface area contributed by atoms with Crippen LogP contribution in [0.4, 0.5) is 0 Å². The van der Waals surface area contributed by atoms with Crippen LogP contribution >= 0.6 is 0 Å². The third-order valence-electron chi connectivity index (χ3n) is 3.68. The van der Waals surface area contributed by atoms with E-state index >= 15 is 0 Å². The molecular formula is C22H28N2O4. The molecule has 0 atom stereocenters. The molecule has 0 aliphatic rings. The summed E-state index contributed by atoms with van der Waals surface area (Å²) >= 11 is 0. The number of amides is 1. The minimum absolute atomic E-state index is 0.322. The van der Waals surface area contributed by atoms with Gasteiger partial charge in [-0.1, -0.05) is 26.0 Å². The number of hydrazone groups is 1. The van der Waals surface area contributed by atoms with Crippen molar-refractivity contribution in [2.24, 2.45) is 5.10 Å². The van der Waals surface area contributed by atoms with Crippen molar-refractivity contribution in [3.05, 3.63) is 53.6 Å². The van der Waals surface area contributed by atoms with Crippen LogP contribution < -0.4 is 19.6 Å². The third kappa shape index (κ3) is 6.61. The van der Waals surface area contributed by atoms with Crippen molar-refractivity contribution < 1.29 is 19.0 Å². The molecule has 0 fully saturated rings. The number of carbonyl (C=O) groups excluding carboxylic acids is 1. The molecule has 0 aromatic heterocycles. The summed E-state index contributed by atoms with van der Waals surface area (Å²) in [5.74, 6) is 1.64. The summed E-state index contributed by atoms with van der Waals surface area (Å²) in [6.07, 6.45) is 3.42. The Morgan fingerprint density at radius 2 is 1.75 bits per heavy atom. The first-order chi connectivity index (χ1) is 13.7. The molecule has 0 saturated carbocycles. The van der Waals surface area contributed by atoms with Crippen molar-refractivity contribution in [2.45, 2.75) is 33.6 Å². The zero-order chi connectivity index (χ0) is 20.2. The van der Waals surface area contributed by atoms with Crippen LogP contribution in [0.1, 0.15) is 49.5 Å². The summed E-state index contributed by atoms with van der Waals surface area (Å²) in [6, 6.07) is 12.6. The van der Waals surface area contributed by atoms with E-state index in [4.69, 9.17) is 14.2 Å². The molecule has 0 spiro atoms. The predicted octanol–water partition coefficient (Wildman–Crippen LogP) is 4.43. The van der Waals surface area contributed by atoms with Crippen molar-refractivity contribution >= 4 is 12.1 Å². The molecule has 0 aliphatic heterocycles. The highest BCUT2D eigenvalue weighted by atomic mass is 16.5. The minimum atomic E-state index is -0.322. The number of hydrogen-bond acceptors (Lipinski definition) is 5. The highest BCUT2D eigenvalue weighted by Crippen LogP contribution is 2.28. The average molecular weight is 384 g/mol. The Labute approximate surface area is 166 Å². The molecule has 0 bridgehead atoms. The van der Waals surface area contributed by atoms with Gasteiger partial charge in [-0.3, -0.25) is 4.79 Å². The maximum absolute atomic E-state index is 12.4. The first kappa shape index (κ1) is 21.3. The van der Waals surface area contributed by atoms with Crippen molar-refractivity contribution in [2.75, 3.05) is 19.8 Å². The lowest BCUT2D eigenvalue weighted by molar-refractivity contribution is 0.0954. The van der Waals surface area contributed by atoms with Gasteiger partial charge in [0.1, 0.15) is 5.75 Å². The molecule has 2 aromatic carbocycles. The molecule has 2 aromatic rings. The fraction of sp³-hybridized carbons (Fsp3) is 0.364. The quantitative estimate of drug-likeness (QED) is 0.460. The SMILES string of the molecule is CCCOc1cccc(/C=N/NC(=O)c2ccc(OCCC)c(OCC)c2)c1. The van der Waals surface area contributed by atoms with Gasteiger partial charge in [-0.05, 0) is 55.7 Å². The highest BCUT2D eigenvalue weighted by Gasteiger charge is 2.11. The molecule has 2 rings (SSSR count). The second-order valence-electron chi connectivity index (χ2n) is 6.06. The number of nitrogens with zero attached hydrogens (tertiary/aromatic N) is 1. The molecular weight excluding hydrogens is 356 g/mol. The van der Waals surface area contributed by atoms with E-state index in [-0.39, 0.29) is 5.91 Å². The van der Waals surface area contributed by atoms with E-state index in [1.54, 1.807) is 24.4 Å². The molecule has 0 aliphatic carbocycles. The Bertz CT molecular complexity index is 790. The average Bonchev–Trinajstić information content (AvgIpc) is 2.71. The normalized spacial score (nSPS) is 10.7. The van der Waals surface area contributed by atoms with Crippen LogP contribution in [0, 0.1) is 0 Å². The standard InChI is InChI=1S/C22H28N2O4/c1-4-12-27-19-9-7-8-17(14-19)16-23-24-22(25)18-10-11-20(28-13-5-2)21(15-18)26-6-3/h7-11,14-16H,4-6,12-13H2,1-3H3,(H,24,25)/b23-16+. The van der Waals surface area contributed by atoms with Crippen LogP contribution in [-0.4, -0.2) is 31.9 Å². The van der Waals surface area contributed by atoms with Gasteiger partial charge < -0.3 is 14.2 Å². The Morgan fingerprint density at radius 1 is 0.964 bits per heavy atom. The van der Waals surface area contributed by atoms with Crippen molar-refractivity contribution in [3.63, 3.8) is 0 Å². The van der Waals surface area contributed by atoms with Crippen LogP contribution in [0.3, 0.4) is 0 Å². The van der Waals surface area contributed by atoms with E-state index < -0.39 is 0 Å². The third-order valence-corrected chi connectivity index (χ3v) is 3.68. The van der Waals surface area contributed by atoms with E-state index in [0.717, 1.165) is 24.2 Å². The fourth-order valence-corrected chi connectivity index (χ4v) is 2.38. The van der Waals surface area contributed by atoms with Crippen molar-refractivity contribution in [3.8, 4) is 17.2 Å². The van der Waals surface area contributed by atoms with Gasteiger partial charge in [0.25, 0.3) is 5.91 Å². The molecule has 1 N–H and O–H groups in total. The zero-order valence-electron chi connectivity index (χ0n) is 16.7. The molecule has 0 heterocycles. The maximum atomic E-state index is 12.4. The van der Waals surface area contributed by atoms with E-state index in [2.05, 4.69) is 17.5 Å². The van der Waals surface area contributed by atoms with Crippen LogP contribution in [0.15, 0.2) is 47.6 Å². The topological polar surface area (TPSA) is 69.2 Å². The molecule has 0 saturated heterocycles. The molecule has 6 heteroatoms. The number of rotatable bonds is 11. The number of carbonyl (C=O) groups is 1. The molecule has 1 amide bonds. The van der Waals surface area contributed by atoms with E-state index in [1.165, 1.54) is 0 Å². The number of hydrogen-bond donors (Lipinski definition) is 1. The Balaban J connectivity index is 2.02. The summed E-state index contributed by atoms with van der Waals surface area (Å²) in [7, 11) is 0. The Hall–Kier alpha value is -3.02.